The molecule has 4 atom stereocenters. The van der Waals surface area contributed by atoms with Crippen LogP contribution in [0.4, 0.5) is 0 Å². The Morgan fingerprint density at radius 1 is 1.45 bits per heavy atom. The van der Waals surface area contributed by atoms with Gasteiger partial charge in [-0.3, -0.25) is 4.79 Å². The molecule has 1 fully saturated rings. The van der Waals surface area contributed by atoms with E-state index in [4.69, 9.17) is 0 Å². The Kier molecular flexibility index (Phi) is 5.80. The van der Waals surface area contributed by atoms with Crippen LogP contribution in [0.5, 0.6) is 0 Å². The molecular weight excluding hydrogens is 272 g/mol. The minimum atomic E-state index is -0.309. The van der Waals surface area contributed by atoms with E-state index in [0.717, 1.165) is 43.3 Å². The summed E-state index contributed by atoms with van der Waals surface area (Å²) in [5.41, 5.74) is 3.04. The maximum atomic E-state index is 13.0. The first-order valence-electron chi connectivity index (χ1n) is 8.78. The molecule has 0 aliphatic heterocycles. The first kappa shape index (κ1) is 17.2. The van der Waals surface area contributed by atoms with Gasteiger partial charge in [0.1, 0.15) is 0 Å². The van der Waals surface area contributed by atoms with Gasteiger partial charge < -0.3 is 5.11 Å². The van der Waals surface area contributed by atoms with Crippen LogP contribution in [-0.4, -0.2) is 17.0 Å². The SMILES string of the molecule is C=CCC1=C2CCC[C@H](O)[C@H]2[C@H](C)/C(=C/C(C)CCC)C1=O. The largest absolute Gasteiger partial charge is 0.392 e. The normalized spacial score (nSPS) is 32.1. The summed E-state index contributed by atoms with van der Waals surface area (Å²) in [5, 5.41) is 10.5. The monoisotopic (exact) mass is 302 g/mol. The molecule has 2 aliphatic carbocycles. The summed E-state index contributed by atoms with van der Waals surface area (Å²) in [7, 11) is 0. The minimum absolute atomic E-state index is 0.126. The fourth-order valence-corrected chi connectivity index (χ4v) is 4.23. The third-order valence-corrected chi connectivity index (χ3v) is 5.27. The van der Waals surface area contributed by atoms with Gasteiger partial charge in [0, 0.05) is 11.5 Å². The summed E-state index contributed by atoms with van der Waals surface area (Å²) in [5.74, 6) is 0.876. The molecule has 0 spiro atoms. The highest BCUT2D eigenvalue weighted by atomic mass is 16.3. The van der Waals surface area contributed by atoms with Crippen molar-refractivity contribution >= 4 is 5.78 Å². The van der Waals surface area contributed by atoms with Crippen molar-refractivity contribution < 1.29 is 9.90 Å². The number of fused-ring (bicyclic) bond motifs is 1. The van der Waals surface area contributed by atoms with Crippen LogP contribution in [0.1, 0.15) is 59.3 Å². The molecule has 0 radical (unpaired) electrons. The van der Waals surface area contributed by atoms with E-state index in [0.29, 0.717) is 12.3 Å². The van der Waals surface area contributed by atoms with E-state index in [2.05, 4.69) is 33.4 Å². The molecule has 2 aliphatic rings. The molecule has 0 aromatic heterocycles. The van der Waals surface area contributed by atoms with Crippen molar-refractivity contribution in [2.24, 2.45) is 17.8 Å². The number of hydrogen-bond donors (Lipinski definition) is 1. The molecule has 0 aromatic carbocycles. The van der Waals surface area contributed by atoms with Gasteiger partial charge in [-0.25, -0.2) is 0 Å². The van der Waals surface area contributed by atoms with Crippen LogP contribution in [0.3, 0.4) is 0 Å². The molecule has 122 valence electrons. The van der Waals surface area contributed by atoms with E-state index in [1.54, 1.807) is 0 Å². The second-order valence-electron chi connectivity index (χ2n) is 6.99. The molecule has 0 bridgehead atoms. The van der Waals surface area contributed by atoms with Gasteiger partial charge in [0.15, 0.2) is 5.78 Å². The highest BCUT2D eigenvalue weighted by Crippen LogP contribution is 2.45. The zero-order chi connectivity index (χ0) is 16.3. The number of rotatable bonds is 5. The molecule has 2 heteroatoms. The summed E-state index contributed by atoms with van der Waals surface area (Å²) >= 11 is 0. The highest BCUT2D eigenvalue weighted by molar-refractivity contribution is 6.10. The van der Waals surface area contributed by atoms with Crippen LogP contribution in [0.25, 0.3) is 0 Å². The van der Waals surface area contributed by atoms with Gasteiger partial charge in [0.25, 0.3) is 0 Å². The number of carbonyl (C=O) groups excluding carboxylic acids is 1. The number of ketones is 1. The first-order chi connectivity index (χ1) is 10.5. The second-order valence-corrected chi connectivity index (χ2v) is 6.99. The predicted octanol–water partition coefficient (Wildman–Crippen LogP) is 4.60. The van der Waals surface area contributed by atoms with Gasteiger partial charge in [0.2, 0.25) is 0 Å². The average Bonchev–Trinajstić information content (AvgIpc) is 2.48. The standard InChI is InChI=1S/C20H30O2/c1-5-8-13(3)12-17-14(4)19-15(10-7-11-18(19)21)16(9-6-2)20(17)22/h6,12-14,18-19,21H,2,5,7-11H2,1,3-4H3/b17-12-/t13?,14-,18+,19+/m1/s1. The van der Waals surface area contributed by atoms with E-state index in [1.165, 1.54) is 5.57 Å². The third-order valence-electron chi connectivity index (χ3n) is 5.27. The molecule has 1 saturated carbocycles. The van der Waals surface area contributed by atoms with Crippen molar-refractivity contribution in [3.05, 3.63) is 35.5 Å². The summed E-state index contributed by atoms with van der Waals surface area (Å²) in [6.07, 6.45) is 9.33. The topological polar surface area (TPSA) is 37.3 Å². The molecule has 0 saturated heterocycles. The van der Waals surface area contributed by atoms with E-state index >= 15 is 0 Å². The van der Waals surface area contributed by atoms with E-state index < -0.39 is 0 Å². The summed E-state index contributed by atoms with van der Waals surface area (Å²) in [4.78, 5) is 13.0. The summed E-state index contributed by atoms with van der Waals surface area (Å²) in [6, 6.07) is 0. The second kappa shape index (κ2) is 7.41. The lowest BCUT2D eigenvalue weighted by molar-refractivity contribution is -0.114. The number of allylic oxidation sites excluding steroid dienone is 4. The number of carbonyl (C=O) groups is 1. The molecule has 2 nitrogen and oxygen atoms in total. The van der Waals surface area contributed by atoms with Gasteiger partial charge in [-0.05, 0) is 49.5 Å². The Balaban J connectivity index is 2.45. The number of aliphatic hydroxyl groups excluding tert-OH is 1. The van der Waals surface area contributed by atoms with Crippen LogP contribution in [0.2, 0.25) is 0 Å². The van der Waals surface area contributed by atoms with Crippen LogP contribution < -0.4 is 0 Å². The lowest BCUT2D eigenvalue weighted by Gasteiger charge is -2.41. The maximum absolute atomic E-state index is 13.0. The number of Topliss-reactive ketones (excluding diaryl/α,β-unsaturated/α-hetero) is 1. The van der Waals surface area contributed by atoms with Crippen molar-refractivity contribution in [3.63, 3.8) is 0 Å². The quantitative estimate of drug-likeness (QED) is 0.595. The van der Waals surface area contributed by atoms with Crippen LogP contribution in [0, 0.1) is 17.8 Å². The van der Waals surface area contributed by atoms with Crippen molar-refractivity contribution in [2.45, 2.75) is 65.4 Å². The van der Waals surface area contributed by atoms with Gasteiger partial charge in [-0.2, -0.15) is 0 Å². The van der Waals surface area contributed by atoms with E-state index in [1.807, 2.05) is 6.08 Å². The van der Waals surface area contributed by atoms with Crippen LogP contribution in [0.15, 0.2) is 35.5 Å². The Bertz CT molecular complexity index is 498. The molecular formula is C20H30O2. The van der Waals surface area contributed by atoms with Crippen molar-refractivity contribution in [2.75, 3.05) is 0 Å². The van der Waals surface area contributed by atoms with Crippen LogP contribution in [-0.2, 0) is 4.79 Å². The van der Waals surface area contributed by atoms with Gasteiger partial charge in [0.05, 0.1) is 6.10 Å². The molecule has 1 N–H and O–H groups in total. The lowest BCUT2D eigenvalue weighted by atomic mass is 9.64. The van der Waals surface area contributed by atoms with Gasteiger partial charge in [-0.15, -0.1) is 6.58 Å². The number of hydrogen-bond acceptors (Lipinski definition) is 2. The average molecular weight is 302 g/mol. The van der Waals surface area contributed by atoms with Crippen molar-refractivity contribution in [3.8, 4) is 0 Å². The van der Waals surface area contributed by atoms with Gasteiger partial charge >= 0.3 is 0 Å². The molecule has 22 heavy (non-hydrogen) atoms. The Labute approximate surface area is 135 Å². The fourth-order valence-electron chi connectivity index (χ4n) is 4.23. The van der Waals surface area contributed by atoms with Crippen molar-refractivity contribution in [1.29, 1.82) is 0 Å². The third kappa shape index (κ3) is 3.27. The van der Waals surface area contributed by atoms with Crippen molar-refractivity contribution in [1.82, 2.24) is 0 Å². The zero-order valence-electron chi connectivity index (χ0n) is 14.3. The molecule has 0 heterocycles. The van der Waals surface area contributed by atoms with E-state index in [-0.39, 0.29) is 23.7 Å². The first-order valence-corrected chi connectivity index (χ1v) is 8.78. The maximum Gasteiger partial charge on any atom is 0.185 e. The van der Waals surface area contributed by atoms with Gasteiger partial charge in [-0.1, -0.05) is 44.9 Å². The minimum Gasteiger partial charge on any atom is -0.392 e. The number of aliphatic hydroxyl groups is 1. The summed E-state index contributed by atoms with van der Waals surface area (Å²) in [6.45, 7) is 10.3. The molecule has 0 aromatic rings. The zero-order valence-corrected chi connectivity index (χ0v) is 14.3. The Hall–Kier alpha value is -1.15. The Morgan fingerprint density at radius 2 is 2.18 bits per heavy atom. The Morgan fingerprint density at radius 3 is 2.82 bits per heavy atom. The van der Waals surface area contributed by atoms with E-state index in [9.17, 15) is 9.90 Å². The predicted molar refractivity (Wildman–Crippen MR) is 91.5 cm³/mol. The molecule has 0 amide bonds. The lowest BCUT2D eigenvalue weighted by Crippen LogP contribution is -2.39. The van der Waals surface area contributed by atoms with Crippen LogP contribution >= 0.6 is 0 Å². The fraction of sp³-hybridized carbons (Fsp3) is 0.650. The highest BCUT2D eigenvalue weighted by Gasteiger charge is 2.41. The molecule has 2 rings (SSSR count). The molecule has 1 unspecified atom stereocenters. The smallest absolute Gasteiger partial charge is 0.185 e. The summed E-state index contributed by atoms with van der Waals surface area (Å²) < 4.78 is 0.